The van der Waals surface area contributed by atoms with Crippen LogP contribution in [0.2, 0.25) is 0 Å². The molecule has 0 saturated carbocycles. The third kappa shape index (κ3) is 4.91. The first kappa shape index (κ1) is 16.7. The highest BCUT2D eigenvalue weighted by molar-refractivity contribution is 5.84. The van der Waals surface area contributed by atoms with Crippen molar-refractivity contribution in [3.05, 3.63) is 47.5 Å². The van der Waals surface area contributed by atoms with Crippen molar-refractivity contribution < 1.29 is 9.59 Å². The van der Waals surface area contributed by atoms with Crippen molar-refractivity contribution in [1.82, 2.24) is 25.0 Å². The summed E-state index contributed by atoms with van der Waals surface area (Å²) in [6.07, 6.45) is 3.37. The van der Waals surface area contributed by atoms with E-state index in [2.05, 4.69) is 15.4 Å². The summed E-state index contributed by atoms with van der Waals surface area (Å²) in [5.74, 6) is -0.384. The smallest absolute Gasteiger partial charge is 0.242 e. The molecule has 2 aromatic heterocycles. The fourth-order valence-electron chi connectivity index (χ4n) is 2.19. The fourth-order valence-corrected chi connectivity index (χ4v) is 2.19. The highest BCUT2D eigenvalue weighted by Gasteiger charge is 2.12. The van der Waals surface area contributed by atoms with Crippen molar-refractivity contribution in [3.8, 4) is 0 Å². The first-order valence-corrected chi connectivity index (χ1v) is 7.36. The Kier molecular flexibility index (Phi) is 5.46. The van der Waals surface area contributed by atoms with Gasteiger partial charge in [0.1, 0.15) is 6.54 Å². The fraction of sp³-hybridized carbons (Fsp3) is 0.375. The highest BCUT2D eigenvalue weighted by Crippen LogP contribution is 2.02. The molecule has 7 heteroatoms. The van der Waals surface area contributed by atoms with Crippen molar-refractivity contribution in [3.63, 3.8) is 0 Å². The minimum atomic E-state index is -0.234. The number of nitrogens with zero attached hydrogens (tertiary/aromatic N) is 4. The lowest BCUT2D eigenvalue weighted by Gasteiger charge is -2.17. The zero-order valence-corrected chi connectivity index (χ0v) is 13.6. The van der Waals surface area contributed by atoms with Crippen LogP contribution in [0.4, 0.5) is 0 Å². The average molecular weight is 315 g/mol. The van der Waals surface area contributed by atoms with Crippen LogP contribution in [0.15, 0.2) is 30.6 Å². The van der Waals surface area contributed by atoms with Crippen LogP contribution in [0.25, 0.3) is 0 Å². The maximum Gasteiger partial charge on any atom is 0.242 e. The quantitative estimate of drug-likeness (QED) is 0.849. The molecule has 0 spiro atoms. The zero-order valence-electron chi connectivity index (χ0n) is 13.6. The van der Waals surface area contributed by atoms with Crippen LogP contribution >= 0.6 is 0 Å². The van der Waals surface area contributed by atoms with Gasteiger partial charge in [0.05, 0.1) is 12.2 Å². The largest absolute Gasteiger partial charge is 0.345 e. The van der Waals surface area contributed by atoms with Gasteiger partial charge in [0.25, 0.3) is 0 Å². The molecule has 2 amide bonds. The second kappa shape index (κ2) is 7.53. The summed E-state index contributed by atoms with van der Waals surface area (Å²) in [5, 5.41) is 6.85. The molecule has 0 aliphatic rings. The number of rotatable bonds is 6. The Morgan fingerprint density at radius 1 is 1.26 bits per heavy atom. The average Bonchev–Trinajstić information content (AvgIpc) is 2.83. The Hall–Kier alpha value is -2.70. The van der Waals surface area contributed by atoms with Gasteiger partial charge in [-0.3, -0.25) is 19.3 Å². The number of pyridine rings is 1. The number of amides is 2. The lowest BCUT2D eigenvalue weighted by molar-refractivity contribution is -0.132. The van der Waals surface area contributed by atoms with Crippen molar-refractivity contribution in [1.29, 1.82) is 0 Å². The van der Waals surface area contributed by atoms with Crippen LogP contribution in [0.1, 0.15) is 17.0 Å². The monoisotopic (exact) mass is 315 g/mol. The van der Waals surface area contributed by atoms with Gasteiger partial charge in [-0.25, -0.2) is 0 Å². The number of aromatic nitrogens is 3. The molecule has 2 aromatic rings. The van der Waals surface area contributed by atoms with E-state index in [0.717, 1.165) is 17.0 Å². The summed E-state index contributed by atoms with van der Waals surface area (Å²) < 4.78 is 1.62. The minimum Gasteiger partial charge on any atom is -0.345 e. The second-order valence-electron chi connectivity index (χ2n) is 5.47. The molecule has 1 N–H and O–H groups in total. The zero-order chi connectivity index (χ0) is 16.8. The molecule has 2 rings (SSSR count). The maximum absolute atomic E-state index is 12.0. The van der Waals surface area contributed by atoms with E-state index in [1.165, 1.54) is 0 Å². The minimum absolute atomic E-state index is 0.0281. The van der Waals surface area contributed by atoms with Gasteiger partial charge in [0.15, 0.2) is 0 Å². The molecule has 0 saturated heterocycles. The standard InChI is InChI=1S/C16H21N5O2/c1-12-8-13(2)21(19-12)11-15(22)18-9-16(23)20(3)10-14-4-6-17-7-5-14/h4-8H,9-11H2,1-3H3,(H,18,22). The summed E-state index contributed by atoms with van der Waals surface area (Å²) >= 11 is 0. The molecule has 0 fully saturated rings. The van der Waals surface area contributed by atoms with Crippen LogP contribution in [-0.4, -0.2) is 45.1 Å². The van der Waals surface area contributed by atoms with E-state index < -0.39 is 0 Å². The molecular formula is C16H21N5O2. The van der Waals surface area contributed by atoms with Crippen molar-refractivity contribution in [2.45, 2.75) is 26.9 Å². The van der Waals surface area contributed by atoms with Crippen LogP contribution in [0, 0.1) is 13.8 Å². The molecular weight excluding hydrogens is 294 g/mol. The summed E-state index contributed by atoms with van der Waals surface area (Å²) in [6, 6.07) is 5.61. The predicted octanol–water partition coefficient (Wildman–Crippen LogP) is 0.670. The normalized spacial score (nSPS) is 10.4. The summed E-state index contributed by atoms with van der Waals surface area (Å²) in [7, 11) is 1.70. The van der Waals surface area contributed by atoms with E-state index in [-0.39, 0.29) is 24.9 Å². The molecule has 122 valence electrons. The highest BCUT2D eigenvalue weighted by atomic mass is 16.2. The second-order valence-corrected chi connectivity index (χ2v) is 5.47. The van der Waals surface area contributed by atoms with Crippen LogP contribution in [-0.2, 0) is 22.7 Å². The predicted molar refractivity (Wildman–Crippen MR) is 85.4 cm³/mol. The third-order valence-corrected chi connectivity index (χ3v) is 3.43. The SMILES string of the molecule is Cc1cc(C)n(CC(=O)NCC(=O)N(C)Cc2ccncc2)n1. The van der Waals surface area contributed by atoms with E-state index in [4.69, 9.17) is 0 Å². The lowest BCUT2D eigenvalue weighted by atomic mass is 10.2. The Balaban J connectivity index is 1.79. The summed E-state index contributed by atoms with van der Waals surface area (Å²) in [4.78, 5) is 29.5. The van der Waals surface area contributed by atoms with Crippen LogP contribution in [0.3, 0.4) is 0 Å². The van der Waals surface area contributed by atoms with E-state index in [9.17, 15) is 9.59 Å². The molecule has 0 atom stereocenters. The molecule has 0 aliphatic heterocycles. The number of carbonyl (C=O) groups excluding carboxylic acids is 2. The van der Waals surface area contributed by atoms with E-state index in [0.29, 0.717) is 6.54 Å². The Bertz CT molecular complexity index is 681. The van der Waals surface area contributed by atoms with Gasteiger partial charge in [-0.2, -0.15) is 5.10 Å². The summed E-state index contributed by atoms with van der Waals surface area (Å²) in [5.41, 5.74) is 2.77. The molecule has 0 radical (unpaired) electrons. The van der Waals surface area contributed by atoms with Crippen molar-refractivity contribution in [2.75, 3.05) is 13.6 Å². The van der Waals surface area contributed by atoms with Crippen LogP contribution < -0.4 is 5.32 Å². The number of carbonyl (C=O) groups is 2. The molecule has 0 unspecified atom stereocenters. The topological polar surface area (TPSA) is 80.1 Å². The van der Waals surface area contributed by atoms with Crippen molar-refractivity contribution >= 4 is 11.8 Å². The van der Waals surface area contributed by atoms with E-state index >= 15 is 0 Å². The number of hydrogen-bond acceptors (Lipinski definition) is 4. The maximum atomic E-state index is 12.0. The molecule has 7 nitrogen and oxygen atoms in total. The third-order valence-electron chi connectivity index (χ3n) is 3.43. The van der Waals surface area contributed by atoms with Crippen LogP contribution in [0.5, 0.6) is 0 Å². The number of aryl methyl sites for hydroxylation is 2. The van der Waals surface area contributed by atoms with Gasteiger partial charge in [0.2, 0.25) is 11.8 Å². The molecule has 0 aromatic carbocycles. The Labute approximate surface area is 135 Å². The van der Waals surface area contributed by atoms with E-state index in [1.54, 1.807) is 29.0 Å². The Morgan fingerprint density at radius 3 is 2.57 bits per heavy atom. The lowest BCUT2D eigenvalue weighted by Crippen LogP contribution is -2.39. The first-order chi connectivity index (χ1) is 11.0. The van der Waals surface area contributed by atoms with Gasteiger partial charge < -0.3 is 10.2 Å². The molecule has 2 heterocycles. The molecule has 23 heavy (non-hydrogen) atoms. The van der Waals surface area contributed by atoms with Gasteiger partial charge in [-0.1, -0.05) is 0 Å². The molecule has 0 aliphatic carbocycles. The number of likely N-dealkylation sites (N-methyl/N-ethyl adjacent to an activating group) is 1. The van der Waals surface area contributed by atoms with Gasteiger partial charge in [-0.15, -0.1) is 0 Å². The Morgan fingerprint density at radius 2 is 1.96 bits per heavy atom. The first-order valence-electron chi connectivity index (χ1n) is 7.36. The van der Waals surface area contributed by atoms with E-state index in [1.807, 2.05) is 32.0 Å². The van der Waals surface area contributed by atoms with Crippen molar-refractivity contribution in [2.24, 2.45) is 0 Å². The number of hydrogen-bond donors (Lipinski definition) is 1. The van der Waals surface area contributed by atoms with Gasteiger partial charge >= 0.3 is 0 Å². The van der Waals surface area contributed by atoms with Gasteiger partial charge in [0, 0.05) is 31.7 Å². The van der Waals surface area contributed by atoms with Gasteiger partial charge in [-0.05, 0) is 37.6 Å². The number of nitrogens with one attached hydrogen (secondary N) is 1. The summed E-state index contributed by atoms with van der Waals surface area (Å²) in [6.45, 7) is 4.33. The molecule has 0 bridgehead atoms.